The van der Waals surface area contributed by atoms with Crippen molar-refractivity contribution in [1.82, 2.24) is 28.8 Å². The second-order valence-corrected chi connectivity index (χ2v) is 12.2. The van der Waals surface area contributed by atoms with Crippen LogP contribution in [0.2, 0.25) is 0 Å². The van der Waals surface area contributed by atoms with E-state index in [1.54, 1.807) is 27.6 Å². The summed E-state index contributed by atoms with van der Waals surface area (Å²) in [5.74, 6) is 1.02. The van der Waals surface area contributed by atoms with Crippen molar-refractivity contribution < 1.29 is 0 Å². The molecule has 0 atom stereocenters. The minimum absolute atomic E-state index is 0.0842. The fourth-order valence-electron chi connectivity index (χ4n) is 5.74. The number of aryl methyl sites for hydroxylation is 1. The Morgan fingerprint density at radius 2 is 1.74 bits per heavy atom. The number of hydrogen-bond acceptors (Lipinski definition) is 6. The van der Waals surface area contributed by atoms with Crippen LogP contribution >= 0.6 is 0 Å². The summed E-state index contributed by atoms with van der Waals surface area (Å²) in [4.78, 5) is 37.8. The molecule has 4 heterocycles. The largest absolute Gasteiger partial charge is 0.324 e. The highest BCUT2D eigenvalue weighted by Crippen LogP contribution is 2.36. The molecule has 39 heavy (non-hydrogen) atoms. The molecule has 1 aliphatic heterocycles. The van der Waals surface area contributed by atoms with Gasteiger partial charge < -0.3 is 14.8 Å². The first-order valence-electron chi connectivity index (χ1n) is 13.9. The second kappa shape index (κ2) is 9.48. The van der Waals surface area contributed by atoms with Crippen LogP contribution in [0, 0.1) is 6.92 Å². The van der Waals surface area contributed by atoms with Crippen LogP contribution in [0.15, 0.2) is 52.3 Å². The van der Waals surface area contributed by atoms with E-state index in [9.17, 15) is 9.59 Å². The number of likely N-dealkylation sites (tertiary alicyclic amines) is 1. The van der Waals surface area contributed by atoms with Gasteiger partial charge >= 0.3 is 0 Å². The Hall–Kier alpha value is -3.72. The molecule has 0 spiro atoms. The van der Waals surface area contributed by atoms with Crippen molar-refractivity contribution in [2.24, 2.45) is 0 Å². The molecular formula is C30H37N7O2. The van der Waals surface area contributed by atoms with Gasteiger partial charge in [-0.05, 0) is 109 Å². The number of nitrogens with one attached hydrogen (secondary N) is 1. The van der Waals surface area contributed by atoms with Gasteiger partial charge in [0.05, 0.1) is 11.7 Å². The third kappa shape index (κ3) is 4.80. The van der Waals surface area contributed by atoms with Gasteiger partial charge in [0.1, 0.15) is 5.39 Å². The predicted octanol–water partition coefficient (Wildman–Crippen LogP) is 4.70. The van der Waals surface area contributed by atoms with Crippen molar-refractivity contribution in [3.8, 4) is 5.69 Å². The van der Waals surface area contributed by atoms with E-state index in [2.05, 4.69) is 47.4 Å². The third-order valence-corrected chi connectivity index (χ3v) is 8.06. The lowest BCUT2D eigenvalue weighted by Gasteiger charge is -2.30. The minimum atomic E-state index is -0.403. The van der Waals surface area contributed by atoms with Crippen LogP contribution in [0.1, 0.15) is 69.5 Å². The van der Waals surface area contributed by atoms with Crippen LogP contribution in [0.5, 0.6) is 0 Å². The molecule has 3 aromatic heterocycles. The molecule has 1 aliphatic carbocycles. The normalized spacial score (nSPS) is 17.2. The number of nitrogens with zero attached hydrogens (tertiary/aromatic N) is 6. The van der Waals surface area contributed by atoms with E-state index in [0.717, 1.165) is 37.3 Å². The Labute approximate surface area is 228 Å². The summed E-state index contributed by atoms with van der Waals surface area (Å²) in [5.41, 5.74) is 4.26. The Morgan fingerprint density at radius 3 is 2.41 bits per heavy atom. The lowest BCUT2D eigenvalue weighted by molar-refractivity contribution is 0.255. The Balaban J connectivity index is 1.39. The molecule has 0 amide bonds. The molecule has 6 rings (SSSR count). The summed E-state index contributed by atoms with van der Waals surface area (Å²) in [5, 5.41) is 3.83. The quantitative estimate of drug-likeness (QED) is 0.405. The SMILES string of the molecule is Cc1cc(Nc2ncc3c(=O)n(C4CC4)n(-c4ccc(=O)n(C(C)(C)C)c4)c3n2)ccc1C1CCN(C)CC1. The van der Waals surface area contributed by atoms with Crippen LogP contribution in [-0.2, 0) is 5.54 Å². The van der Waals surface area contributed by atoms with Crippen molar-refractivity contribution in [1.29, 1.82) is 0 Å². The van der Waals surface area contributed by atoms with Gasteiger partial charge in [-0.1, -0.05) is 6.07 Å². The molecule has 0 radical (unpaired) electrons. The van der Waals surface area contributed by atoms with Crippen LogP contribution in [0.4, 0.5) is 11.6 Å². The van der Waals surface area contributed by atoms with Crippen molar-refractivity contribution in [2.75, 3.05) is 25.5 Å². The van der Waals surface area contributed by atoms with Gasteiger partial charge in [0.2, 0.25) is 5.95 Å². The molecule has 2 fully saturated rings. The number of fused-ring (bicyclic) bond motifs is 1. The topological polar surface area (TPSA) is 90.0 Å². The van der Waals surface area contributed by atoms with Crippen molar-refractivity contribution in [2.45, 2.75) is 70.9 Å². The zero-order valence-corrected chi connectivity index (χ0v) is 23.4. The third-order valence-electron chi connectivity index (χ3n) is 8.06. The Kier molecular flexibility index (Phi) is 6.21. The maximum Gasteiger partial charge on any atom is 0.278 e. The van der Waals surface area contributed by atoms with E-state index in [1.165, 1.54) is 24.0 Å². The molecular weight excluding hydrogens is 490 g/mol. The molecule has 0 unspecified atom stereocenters. The van der Waals surface area contributed by atoms with Crippen molar-refractivity contribution in [3.63, 3.8) is 0 Å². The van der Waals surface area contributed by atoms with E-state index >= 15 is 0 Å². The van der Waals surface area contributed by atoms with E-state index in [4.69, 9.17) is 4.98 Å². The van der Waals surface area contributed by atoms with E-state index in [-0.39, 0.29) is 17.2 Å². The molecule has 204 valence electrons. The van der Waals surface area contributed by atoms with E-state index < -0.39 is 5.54 Å². The molecule has 0 bridgehead atoms. The number of pyridine rings is 1. The number of piperidine rings is 1. The monoisotopic (exact) mass is 527 g/mol. The van der Waals surface area contributed by atoms with Gasteiger partial charge in [-0.15, -0.1) is 0 Å². The lowest BCUT2D eigenvalue weighted by atomic mass is 9.87. The number of anilines is 2. The van der Waals surface area contributed by atoms with Gasteiger partial charge in [-0.2, -0.15) is 4.98 Å². The summed E-state index contributed by atoms with van der Waals surface area (Å²) >= 11 is 0. The maximum atomic E-state index is 13.4. The van der Waals surface area contributed by atoms with E-state index in [0.29, 0.717) is 22.9 Å². The van der Waals surface area contributed by atoms with Crippen LogP contribution in [-0.4, -0.2) is 48.9 Å². The second-order valence-electron chi connectivity index (χ2n) is 12.2. The highest BCUT2D eigenvalue weighted by Gasteiger charge is 2.31. The number of aromatic nitrogens is 5. The zero-order valence-electron chi connectivity index (χ0n) is 23.4. The minimum Gasteiger partial charge on any atom is -0.324 e. The molecule has 9 nitrogen and oxygen atoms in total. The van der Waals surface area contributed by atoms with Gasteiger partial charge in [-0.3, -0.25) is 9.59 Å². The molecule has 1 saturated carbocycles. The molecule has 4 aromatic rings. The van der Waals surface area contributed by atoms with Crippen LogP contribution in [0.3, 0.4) is 0 Å². The highest BCUT2D eigenvalue weighted by atomic mass is 16.1. The molecule has 9 heteroatoms. The number of rotatable bonds is 5. The Bertz CT molecular complexity index is 1660. The first kappa shape index (κ1) is 25.6. The predicted molar refractivity (Wildman–Crippen MR) is 155 cm³/mol. The van der Waals surface area contributed by atoms with Crippen LogP contribution < -0.4 is 16.4 Å². The average Bonchev–Trinajstić information content (AvgIpc) is 3.68. The first-order valence-corrected chi connectivity index (χ1v) is 13.9. The number of benzene rings is 1. The fraction of sp³-hybridized carbons (Fsp3) is 0.467. The van der Waals surface area contributed by atoms with Crippen molar-refractivity contribution >= 4 is 22.7 Å². The molecule has 1 N–H and O–H groups in total. The lowest BCUT2D eigenvalue weighted by Crippen LogP contribution is -2.33. The fourth-order valence-corrected chi connectivity index (χ4v) is 5.74. The van der Waals surface area contributed by atoms with Crippen molar-refractivity contribution in [3.05, 3.63) is 74.6 Å². The standard InChI is InChI=1S/C30H37N7O2/c1-19-16-21(6-10-24(19)20-12-14-34(5)15-13-20)32-29-31-17-25-27(33-29)36(37(28(25)39)22-7-8-22)23-9-11-26(38)35(18-23)30(2,3)4/h6,9-11,16-18,20,22H,7-8,12-15H2,1-5H3,(H,31,32,33). The molecule has 1 saturated heterocycles. The van der Waals surface area contributed by atoms with Gasteiger partial charge in [-0.25, -0.2) is 14.3 Å². The zero-order chi connectivity index (χ0) is 27.5. The van der Waals surface area contributed by atoms with Gasteiger partial charge in [0.15, 0.2) is 5.65 Å². The maximum absolute atomic E-state index is 13.4. The number of hydrogen-bond donors (Lipinski definition) is 1. The van der Waals surface area contributed by atoms with Gasteiger partial charge in [0.25, 0.3) is 11.1 Å². The first-order chi connectivity index (χ1) is 18.6. The summed E-state index contributed by atoms with van der Waals surface area (Å²) < 4.78 is 5.33. The average molecular weight is 528 g/mol. The summed E-state index contributed by atoms with van der Waals surface area (Å²) in [7, 11) is 2.19. The summed E-state index contributed by atoms with van der Waals surface area (Å²) in [6, 6.07) is 9.92. The highest BCUT2D eigenvalue weighted by molar-refractivity contribution is 5.77. The van der Waals surface area contributed by atoms with Crippen LogP contribution in [0.25, 0.3) is 16.7 Å². The molecule has 2 aliphatic rings. The summed E-state index contributed by atoms with van der Waals surface area (Å²) in [6.45, 7) is 10.4. The van der Waals surface area contributed by atoms with Gasteiger partial charge in [0, 0.05) is 29.7 Å². The Morgan fingerprint density at radius 1 is 1.00 bits per heavy atom. The smallest absolute Gasteiger partial charge is 0.278 e. The van der Waals surface area contributed by atoms with E-state index in [1.807, 2.05) is 31.6 Å². The summed E-state index contributed by atoms with van der Waals surface area (Å²) in [6.07, 6.45) is 7.68. The molecule has 1 aromatic carbocycles.